The highest BCUT2D eigenvalue weighted by Gasteiger charge is 2.18. The van der Waals surface area contributed by atoms with Crippen LogP contribution in [0, 0.1) is 11.7 Å². The number of anilines is 1. The number of halogens is 1. The number of benzene rings is 1. The number of nitrogens with zero attached hydrogens (tertiary/aromatic N) is 5. The molecule has 1 N–H and O–H groups in total. The topological polar surface area (TPSA) is 60.9 Å². The first-order valence-corrected chi connectivity index (χ1v) is 10.4. The van der Waals surface area contributed by atoms with Gasteiger partial charge in [-0.2, -0.15) is 5.10 Å². The largest absolute Gasteiger partial charge is 0.354 e. The van der Waals surface area contributed by atoms with E-state index >= 15 is 0 Å². The molecule has 29 heavy (non-hydrogen) atoms. The molecule has 2 aromatic heterocycles. The third kappa shape index (κ3) is 4.72. The molecule has 0 unspecified atom stereocenters. The second kappa shape index (κ2) is 9.31. The van der Waals surface area contributed by atoms with Gasteiger partial charge < -0.3 is 9.80 Å². The van der Waals surface area contributed by atoms with Gasteiger partial charge >= 0.3 is 0 Å². The Morgan fingerprint density at radius 3 is 2.48 bits per heavy atom. The zero-order valence-corrected chi connectivity index (χ0v) is 18.0. The molecule has 0 atom stereocenters. The van der Waals surface area contributed by atoms with Gasteiger partial charge in [-0.05, 0) is 37.1 Å². The minimum Gasteiger partial charge on any atom is -0.354 e. The standard InChI is InChI=1S/C20H25FN6.C2H6/c1-13(2)8-14-9-15-17(10-16(14)21)24-25-20(15)18-11-19(23-12-22-18)27-6-4-26(3)5-7-27;1-2/h9-13H,4-8H2,1-3H3,(H,24,25);1-2H3. The first kappa shape index (κ1) is 21.2. The molecule has 1 aromatic carbocycles. The summed E-state index contributed by atoms with van der Waals surface area (Å²) in [4.78, 5) is 13.5. The van der Waals surface area contributed by atoms with E-state index in [2.05, 4.69) is 50.9 Å². The van der Waals surface area contributed by atoms with Crippen LogP contribution in [0.25, 0.3) is 22.3 Å². The number of aromatic nitrogens is 4. The number of aromatic amines is 1. The Labute approximate surface area is 172 Å². The van der Waals surface area contributed by atoms with Crippen LogP contribution in [0.4, 0.5) is 10.2 Å². The van der Waals surface area contributed by atoms with Gasteiger partial charge in [-0.3, -0.25) is 5.10 Å². The molecule has 0 spiro atoms. The fraction of sp³-hybridized carbons (Fsp3) is 0.500. The van der Waals surface area contributed by atoms with Crippen molar-refractivity contribution >= 4 is 16.7 Å². The van der Waals surface area contributed by atoms with Crippen LogP contribution in [0.15, 0.2) is 24.5 Å². The second-order valence-corrected chi connectivity index (χ2v) is 7.71. The summed E-state index contributed by atoms with van der Waals surface area (Å²) < 4.78 is 14.3. The van der Waals surface area contributed by atoms with Gasteiger partial charge in [0.2, 0.25) is 0 Å². The van der Waals surface area contributed by atoms with Crippen molar-refractivity contribution in [3.05, 3.63) is 35.9 Å². The molecule has 4 rings (SSSR count). The molecule has 156 valence electrons. The van der Waals surface area contributed by atoms with Gasteiger partial charge in [0.05, 0.1) is 11.2 Å². The summed E-state index contributed by atoms with van der Waals surface area (Å²) in [6, 6.07) is 5.42. The molecule has 1 aliphatic rings. The van der Waals surface area contributed by atoms with Gasteiger partial charge in [-0.25, -0.2) is 14.4 Å². The lowest BCUT2D eigenvalue weighted by Gasteiger charge is -2.33. The zero-order chi connectivity index (χ0) is 21.0. The lowest BCUT2D eigenvalue weighted by Crippen LogP contribution is -2.44. The number of likely N-dealkylation sites (N-methyl/N-ethyl adjacent to an activating group) is 1. The summed E-state index contributed by atoms with van der Waals surface area (Å²) in [6.07, 6.45) is 2.28. The molecule has 7 heteroatoms. The van der Waals surface area contributed by atoms with Crippen molar-refractivity contribution in [3.8, 4) is 11.4 Å². The summed E-state index contributed by atoms with van der Waals surface area (Å²) in [5.74, 6) is 1.11. The average Bonchev–Trinajstić information content (AvgIpc) is 3.12. The summed E-state index contributed by atoms with van der Waals surface area (Å²) >= 11 is 0. The van der Waals surface area contributed by atoms with Crippen LogP contribution in [0.2, 0.25) is 0 Å². The maximum absolute atomic E-state index is 14.3. The fourth-order valence-corrected chi connectivity index (χ4v) is 3.56. The highest BCUT2D eigenvalue weighted by molar-refractivity contribution is 5.92. The number of nitrogens with one attached hydrogen (secondary N) is 1. The molecule has 0 radical (unpaired) electrons. The highest BCUT2D eigenvalue weighted by atomic mass is 19.1. The minimum absolute atomic E-state index is 0.188. The minimum atomic E-state index is -0.188. The molecule has 0 saturated carbocycles. The first-order valence-electron chi connectivity index (χ1n) is 10.4. The maximum Gasteiger partial charge on any atom is 0.132 e. The number of H-pyrrole nitrogens is 1. The molecular formula is C22H31FN6. The van der Waals surface area contributed by atoms with Crippen LogP contribution >= 0.6 is 0 Å². The van der Waals surface area contributed by atoms with Gasteiger partial charge in [0.1, 0.15) is 23.7 Å². The predicted molar refractivity (Wildman–Crippen MR) is 117 cm³/mol. The van der Waals surface area contributed by atoms with Gasteiger partial charge in [0.25, 0.3) is 0 Å². The quantitative estimate of drug-likeness (QED) is 0.716. The molecule has 3 aromatic rings. The average molecular weight is 399 g/mol. The Balaban J connectivity index is 0.00000117. The zero-order valence-electron chi connectivity index (χ0n) is 18.0. The third-order valence-corrected chi connectivity index (χ3v) is 5.08. The fourth-order valence-electron chi connectivity index (χ4n) is 3.56. The molecule has 6 nitrogen and oxygen atoms in total. The van der Waals surface area contributed by atoms with Gasteiger partial charge in [0, 0.05) is 37.6 Å². The molecule has 1 saturated heterocycles. The van der Waals surface area contributed by atoms with Crippen LogP contribution in [0.3, 0.4) is 0 Å². The Morgan fingerprint density at radius 2 is 1.79 bits per heavy atom. The van der Waals surface area contributed by atoms with Crippen LogP contribution < -0.4 is 4.90 Å². The molecule has 3 heterocycles. The lowest BCUT2D eigenvalue weighted by molar-refractivity contribution is 0.312. The van der Waals surface area contributed by atoms with Crippen molar-refractivity contribution in [2.75, 3.05) is 38.1 Å². The van der Waals surface area contributed by atoms with E-state index in [1.807, 2.05) is 26.0 Å². The Morgan fingerprint density at radius 1 is 1.07 bits per heavy atom. The van der Waals surface area contributed by atoms with Crippen LogP contribution in [-0.2, 0) is 6.42 Å². The summed E-state index contributed by atoms with van der Waals surface area (Å²) in [7, 11) is 2.13. The molecule has 1 aliphatic heterocycles. The lowest BCUT2D eigenvalue weighted by atomic mass is 10.00. The van der Waals surface area contributed by atoms with Crippen molar-refractivity contribution in [3.63, 3.8) is 0 Å². The monoisotopic (exact) mass is 398 g/mol. The van der Waals surface area contributed by atoms with Gasteiger partial charge in [-0.1, -0.05) is 27.7 Å². The first-order chi connectivity index (χ1) is 14.0. The van der Waals surface area contributed by atoms with E-state index in [9.17, 15) is 4.39 Å². The molecule has 0 bridgehead atoms. The van der Waals surface area contributed by atoms with Crippen molar-refractivity contribution in [1.29, 1.82) is 0 Å². The van der Waals surface area contributed by atoms with Gasteiger partial charge in [-0.15, -0.1) is 0 Å². The van der Waals surface area contributed by atoms with Gasteiger partial charge in [0.15, 0.2) is 0 Å². The second-order valence-electron chi connectivity index (χ2n) is 7.71. The Hall–Kier alpha value is -2.54. The van der Waals surface area contributed by atoms with E-state index in [1.165, 1.54) is 6.07 Å². The number of fused-ring (bicyclic) bond motifs is 1. The van der Waals surface area contributed by atoms with Crippen molar-refractivity contribution in [1.82, 2.24) is 25.1 Å². The highest BCUT2D eigenvalue weighted by Crippen LogP contribution is 2.29. The normalized spacial score (nSPS) is 14.9. The Kier molecular flexibility index (Phi) is 6.79. The molecular weight excluding hydrogens is 367 g/mol. The van der Waals surface area contributed by atoms with Crippen molar-refractivity contribution < 1.29 is 4.39 Å². The number of rotatable bonds is 4. The molecule has 0 amide bonds. The molecule has 0 aliphatic carbocycles. The van der Waals surface area contributed by atoms with E-state index in [1.54, 1.807) is 6.33 Å². The summed E-state index contributed by atoms with van der Waals surface area (Å²) in [6.45, 7) is 12.1. The van der Waals surface area contributed by atoms with E-state index in [-0.39, 0.29) is 5.82 Å². The van der Waals surface area contributed by atoms with Crippen LogP contribution in [-0.4, -0.2) is 58.3 Å². The van der Waals surface area contributed by atoms with E-state index in [0.29, 0.717) is 23.4 Å². The maximum atomic E-state index is 14.3. The van der Waals surface area contributed by atoms with E-state index in [0.717, 1.165) is 48.8 Å². The van der Waals surface area contributed by atoms with Crippen LogP contribution in [0.1, 0.15) is 33.3 Å². The van der Waals surface area contributed by atoms with Crippen LogP contribution in [0.5, 0.6) is 0 Å². The van der Waals surface area contributed by atoms with E-state index < -0.39 is 0 Å². The number of hydrogen-bond acceptors (Lipinski definition) is 5. The SMILES string of the molecule is CC.CC(C)Cc1cc2c(-c3cc(N4CCN(C)CC4)ncn3)n[nH]c2cc1F. The predicted octanol–water partition coefficient (Wildman–Crippen LogP) is 4.14. The van der Waals surface area contributed by atoms with Crippen molar-refractivity contribution in [2.24, 2.45) is 5.92 Å². The summed E-state index contributed by atoms with van der Waals surface area (Å²) in [5, 5.41) is 8.26. The Bertz CT molecular complexity index is 944. The van der Waals surface area contributed by atoms with Crippen molar-refractivity contribution in [2.45, 2.75) is 34.1 Å². The van der Waals surface area contributed by atoms with E-state index in [4.69, 9.17) is 0 Å². The number of hydrogen-bond donors (Lipinski definition) is 1. The summed E-state index contributed by atoms with van der Waals surface area (Å²) in [5.41, 5.74) is 2.91. The third-order valence-electron chi connectivity index (χ3n) is 5.08. The number of piperazine rings is 1. The molecule has 1 fully saturated rings. The smallest absolute Gasteiger partial charge is 0.132 e.